The van der Waals surface area contributed by atoms with Gasteiger partial charge in [-0.15, -0.1) is 5.48 Å². The van der Waals surface area contributed by atoms with Crippen LogP contribution in [0.3, 0.4) is 0 Å². The van der Waals surface area contributed by atoms with E-state index in [1.54, 1.807) is 0 Å². The molecule has 0 amide bonds. The first-order valence-electron chi connectivity index (χ1n) is 6.56. The summed E-state index contributed by atoms with van der Waals surface area (Å²) in [7, 11) is 0. The second kappa shape index (κ2) is 5.91. The maximum absolute atomic E-state index is 14.1. The average molecular weight is 315 g/mol. The largest absolute Gasteiger partial charge is 0.479 e. The van der Waals surface area contributed by atoms with Gasteiger partial charge in [0.2, 0.25) is 11.4 Å². The van der Waals surface area contributed by atoms with Crippen LogP contribution >= 0.6 is 11.6 Å². The molecule has 0 saturated heterocycles. The molecule has 0 fully saturated rings. The van der Waals surface area contributed by atoms with Gasteiger partial charge in [-0.2, -0.15) is 0 Å². The molecule has 114 valence electrons. The summed E-state index contributed by atoms with van der Waals surface area (Å²) in [6, 6.07) is 4.02. The summed E-state index contributed by atoms with van der Waals surface area (Å²) in [4.78, 5) is 18.8. The third kappa shape index (κ3) is 2.56. The number of hydrogen-bond acceptors (Lipinski definition) is 4. The minimum atomic E-state index is -1.85. The van der Waals surface area contributed by atoms with Gasteiger partial charge in [-0.1, -0.05) is 17.7 Å². The van der Waals surface area contributed by atoms with Crippen LogP contribution in [0.2, 0.25) is 5.02 Å². The van der Waals surface area contributed by atoms with Gasteiger partial charge in [0.25, 0.3) is 0 Å². The first-order chi connectivity index (χ1) is 9.96. The van der Waals surface area contributed by atoms with Gasteiger partial charge in [-0.05, 0) is 26.0 Å². The van der Waals surface area contributed by atoms with Crippen LogP contribution in [0.1, 0.15) is 19.4 Å². The molecule has 0 bridgehead atoms. The molecular formula is C14H16ClFN2O3. The van der Waals surface area contributed by atoms with Crippen molar-refractivity contribution < 1.29 is 19.1 Å². The Bertz CT molecular complexity index is 569. The summed E-state index contributed by atoms with van der Waals surface area (Å²) in [6.07, 6.45) is 1.34. The van der Waals surface area contributed by atoms with E-state index in [9.17, 15) is 14.3 Å². The fourth-order valence-corrected chi connectivity index (χ4v) is 2.59. The second-order valence-corrected chi connectivity index (χ2v) is 4.98. The van der Waals surface area contributed by atoms with Crippen molar-refractivity contribution in [3.05, 3.63) is 46.6 Å². The number of aliphatic carboxylic acids is 1. The first kappa shape index (κ1) is 15.6. The Kier molecular flexibility index (Phi) is 4.39. The predicted octanol–water partition coefficient (Wildman–Crippen LogP) is 2.48. The van der Waals surface area contributed by atoms with E-state index in [0.29, 0.717) is 19.0 Å². The number of halogens is 2. The van der Waals surface area contributed by atoms with Gasteiger partial charge >= 0.3 is 5.97 Å². The van der Waals surface area contributed by atoms with Crippen LogP contribution < -0.4 is 5.48 Å². The number of hydroxylamine groups is 1. The summed E-state index contributed by atoms with van der Waals surface area (Å²) >= 11 is 6.00. The predicted molar refractivity (Wildman–Crippen MR) is 75.9 cm³/mol. The van der Waals surface area contributed by atoms with Crippen LogP contribution in [-0.4, -0.2) is 29.1 Å². The minimum absolute atomic E-state index is 0.0190. The summed E-state index contributed by atoms with van der Waals surface area (Å²) in [5, 5.41) is 9.60. The summed E-state index contributed by atoms with van der Waals surface area (Å²) in [5.41, 5.74) is 0.396. The van der Waals surface area contributed by atoms with Gasteiger partial charge in [-0.25, -0.2) is 9.18 Å². The molecule has 2 N–H and O–H groups in total. The number of hydrogen-bond donors (Lipinski definition) is 2. The lowest BCUT2D eigenvalue weighted by molar-refractivity contribution is -0.146. The van der Waals surface area contributed by atoms with Crippen LogP contribution in [0.4, 0.5) is 4.39 Å². The highest BCUT2D eigenvalue weighted by Gasteiger charge is 2.48. The van der Waals surface area contributed by atoms with Gasteiger partial charge in [-0.3, -0.25) is 0 Å². The highest BCUT2D eigenvalue weighted by atomic mass is 35.5. The van der Waals surface area contributed by atoms with Gasteiger partial charge in [0.15, 0.2) is 0 Å². The second-order valence-electron chi connectivity index (χ2n) is 4.57. The standard InChI is InChI=1S/C14H16ClFN2O3/c1-3-18(4-2)11-8-14(13(19)20,17-21-11)12-9(15)6-5-7-10(12)16/h5-8,17H,3-4H2,1-2H3,(H,19,20). The lowest BCUT2D eigenvalue weighted by Gasteiger charge is -2.22. The number of carboxylic acid groups (broad SMARTS) is 1. The smallest absolute Gasteiger partial charge is 0.336 e. The van der Waals surface area contributed by atoms with Crippen LogP contribution in [0.5, 0.6) is 0 Å². The Balaban J connectivity index is 2.57. The Morgan fingerprint density at radius 2 is 2.14 bits per heavy atom. The molecule has 1 aliphatic rings. The molecule has 1 unspecified atom stereocenters. The Morgan fingerprint density at radius 1 is 1.48 bits per heavy atom. The molecule has 5 nitrogen and oxygen atoms in total. The van der Waals surface area contributed by atoms with Crippen molar-refractivity contribution in [1.82, 2.24) is 10.4 Å². The van der Waals surface area contributed by atoms with Crippen molar-refractivity contribution in [3.8, 4) is 0 Å². The van der Waals surface area contributed by atoms with Crippen LogP contribution in [0.25, 0.3) is 0 Å². The maximum atomic E-state index is 14.1. The Labute approximate surface area is 126 Å². The third-order valence-corrected chi connectivity index (χ3v) is 3.74. The number of nitrogens with zero attached hydrogens (tertiary/aromatic N) is 1. The maximum Gasteiger partial charge on any atom is 0.336 e. The van der Waals surface area contributed by atoms with E-state index in [0.717, 1.165) is 6.07 Å². The number of benzene rings is 1. The third-order valence-electron chi connectivity index (χ3n) is 3.43. The molecule has 0 spiro atoms. The fourth-order valence-electron chi connectivity index (χ4n) is 2.28. The normalized spacial score (nSPS) is 20.9. The molecule has 7 heteroatoms. The first-order valence-corrected chi connectivity index (χ1v) is 6.93. The summed E-state index contributed by atoms with van der Waals surface area (Å²) < 4.78 is 14.1. The Hall–Kier alpha value is -1.79. The molecule has 0 radical (unpaired) electrons. The van der Waals surface area contributed by atoms with Crippen molar-refractivity contribution in [3.63, 3.8) is 0 Å². The number of nitrogens with one attached hydrogen (secondary N) is 1. The highest BCUT2D eigenvalue weighted by molar-refractivity contribution is 6.31. The van der Waals surface area contributed by atoms with E-state index < -0.39 is 17.3 Å². The summed E-state index contributed by atoms with van der Waals surface area (Å²) in [5.74, 6) is -1.67. The molecule has 21 heavy (non-hydrogen) atoms. The van der Waals surface area contributed by atoms with Crippen molar-refractivity contribution >= 4 is 17.6 Å². The molecule has 0 aliphatic carbocycles. The van der Waals surface area contributed by atoms with E-state index in [1.165, 1.54) is 18.2 Å². The zero-order chi connectivity index (χ0) is 15.6. The van der Waals surface area contributed by atoms with E-state index >= 15 is 0 Å². The Morgan fingerprint density at radius 3 is 2.67 bits per heavy atom. The molecule has 1 aromatic rings. The average Bonchev–Trinajstić information content (AvgIpc) is 2.86. The van der Waals surface area contributed by atoms with Gasteiger partial charge < -0.3 is 14.8 Å². The quantitative estimate of drug-likeness (QED) is 0.874. The van der Waals surface area contributed by atoms with Gasteiger partial charge in [0, 0.05) is 29.8 Å². The van der Waals surface area contributed by atoms with Crippen LogP contribution in [-0.2, 0) is 15.2 Å². The van der Waals surface area contributed by atoms with Gasteiger partial charge in [0.05, 0.1) is 0 Å². The monoisotopic (exact) mass is 314 g/mol. The van der Waals surface area contributed by atoms with Crippen molar-refractivity contribution in [2.75, 3.05) is 13.1 Å². The van der Waals surface area contributed by atoms with E-state index in [-0.39, 0.29) is 10.6 Å². The molecule has 1 aromatic carbocycles. The van der Waals surface area contributed by atoms with Gasteiger partial charge in [0.1, 0.15) is 5.82 Å². The molecule has 1 atom stereocenters. The van der Waals surface area contributed by atoms with Crippen LogP contribution in [0.15, 0.2) is 30.2 Å². The van der Waals surface area contributed by atoms with Crippen molar-refractivity contribution in [1.29, 1.82) is 0 Å². The zero-order valence-corrected chi connectivity index (χ0v) is 12.4. The molecule has 1 heterocycles. The SMILES string of the molecule is CCN(CC)C1=CC(C(=O)O)(c2c(F)cccc2Cl)NO1. The zero-order valence-electron chi connectivity index (χ0n) is 11.7. The summed E-state index contributed by atoms with van der Waals surface area (Å²) in [6.45, 7) is 5.07. The fraction of sp³-hybridized carbons (Fsp3) is 0.357. The van der Waals surface area contributed by atoms with Crippen molar-refractivity contribution in [2.45, 2.75) is 19.4 Å². The number of rotatable bonds is 5. The van der Waals surface area contributed by atoms with E-state index in [1.807, 2.05) is 18.7 Å². The lowest BCUT2D eigenvalue weighted by atomic mass is 9.90. The molecule has 1 aliphatic heterocycles. The van der Waals surface area contributed by atoms with E-state index in [4.69, 9.17) is 16.4 Å². The topological polar surface area (TPSA) is 61.8 Å². The number of carbonyl (C=O) groups is 1. The highest BCUT2D eigenvalue weighted by Crippen LogP contribution is 2.36. The lowest BCUT2D eigenvalue weighted by Crippen LogP contribution is -2.45. The molecule has 0 aromatic heterocycles. The van der Waals surface area contributed by atoms with Crippen molar-refractivity contribution in [2.24, 2.45) is 0 Å². The number of carboxylic acids is 1. The van der Waals surface area contributed by atoms with Crippen LogP contribution in [0, 0.1) is 5.82 Å². The molecule has 2 rings (SSSR count). The molecule has 0 saturated carbocycles. The molecular weight excluding hydrogens is 299 g/mol. The minimum Gasteiger partial charge on any atom is -0.479 e. The van der Waals surface area contributed by atoms with E-state index in [2.05, 4.69) is 5.48 Å².